The lowest BCUT2D eigenvalue weighted by atomic mass is 9.99. The van der Waals surface area contributed by atoms with Crippen LogP contribution in [0.5, 0.6) is 5.75 Å². The molecule has 5 rings (SSSR count). The third-order valence-electron chi connectivity index (χ3n) is 5.44. The number of nitrogens with zero attached hydrogens (tertiary/aromatic N) is 2. The number of halogens is 4. The minimum Gasteiger partial charge on any atom is -0.458 e. The molecule has 186 valence electrons. The van der Waals surface area contributed by atoms with E-state index in [2.05, 4.69) is 20.2 Å². The fourth-order valence-corrected chi connectivity index (χ4v) is 5.31. The molecule has 1 aromatic heterocycles. The van der Waals surface area contributed by atoms with Crippen molar-refractivity contribution in [1.82, 2.24) is 25.1 Å². The molecule has 0 spiro atoms. The van der Waals surface area contributed by atoms with Crippen LogP contribution in [0.2, 0.25) is 5.02 Å². The smallest absolute Gasteiger partial charge is 0.159 e. The number of ether oxygens (including phenoxy) is 1. The first kappa shape index (κ1) is 24.5. The van der Waals surface area contributed by atoms with Gasteiger partial charge in [-0.15, -0.1) is 11.8 Å². The van der Waals surface area contributed by atoms with E-state index in [1.807, 2.05) is 10.3 Å². The summed E-state index contributed by atoms with van der Waals surface area (Å²) in [5.74, 6) is -0.158. The summed E-state index contributed by atoms with van der Waals surface area (Å²) in [6, 6.07) is 6.47. The second-order valence-corrected chi connectivity index (χ2v) is 9.99. The number of thioether (sulfide) groups is 1. The van der Waals surface area contributed by atoms with E-state index in [9.17, 15) is 13.2 Å². The van der Waals surface area contributed by atoms with Gasteiger partial charge in [0, 0.05) is 47.1 Å². The van der Waals surface area contributed by atoms with Gasteiger partial charge in [0.2, 0.25) is 0 Å². The predicted octanol–water partition coefficient (Wildman–Crippen LogP) is 5.95. The lowest BCUT2D eigenvalue weighted by Gasteiger charge is -2.30. The monoisotopic (exact) mass is 549 g/mol. The van der Waals surface area contributed by atoms with Crippen LogP contribution < -0.4 is 14.8 Å². The van der Waals surface area contributed by atoms with Gasteiger partial charge >= 0.3 is 0 Å². The molecular formula is C24H19ClF3N5OS2. The summed E-state index contributed by atoms with van der Waals surface area (Å²) in [6.07, 6.45) is 5.08. The topological polar surface area (TPSA) is 65.2 Å². The first-order valence-corrected chi connectivity index (χ1v) is 12.9. The summed E-state index contributed by atoms with van der Waals surface area (Å²) in [5.41, 5.74) is 2.51. The molecule has 2 aliphatic rings. The average molecular weight is 550 g/mol. The third-order valence-corrected chi connectivity index (χ3v) is 7.30. The van der Waals surface area contributed by atoms with Gasteiger partial charge in [-0.25, -0.2) is 13.2 Å². The zero-order valence-corrected chi connectivity index (χ0v) is 21.1. The highest BCUT2D eigenvalue weighted by atomic mass is 35.5. The van der Waals surface area contributed by atoms with Gasteiger partial charge in [-0.3, -0.25) is 5.10 Å². The Hall–Kier alpha value is -3.15. The lowest BCUT2D eigenvalue weighted by Crippen LogP contribution is -2.26. The molecule has 3 N–H and O–H groups in total. The number of nitrogens with one attached hydrogen (secondary N) is 3. The summed E-state index contributed by atoms with van der Waals surface area (Å²) in [4.78, 5) is 2.14. The average Bonchev–Trinajstić information content (AvgIpc) is 3.57. The summed E-state index contributed by atoms with van der Waals surface area (Å²) < 4.78 is 51.5. The standard InChI is InChI=1S/C24H19ClF3N5OS2/c1-33-10-22(34-21-7-19(28)23(6-16(21)25)36-32-24-11-35-12-29-24)15(14-8-30-31-9-14)5-20(33)13-2-3-17(26)18(27)4-13/h2-9,11,29,32H,10,12H2,1H3,(H,30,31). The van der Waals surface area contributed by atoms with Crippen molar-refractivity contribution < 1.29 is 17.9 Å². The first-order valence-electron chi connectivity index (χ1n) is 10.6. The van der Waals surface area contributed by atoms with Crippen molar-refractivity contribution in [2.75, 3.05) is 19.5 Å². The van der Waals surface area contributed by atoms with Crippen molar-refractivity contribution in [3.05, 3.63) is 99.4 Å². The van der Waals surface area contributed by atoms with Gasteiger partial charge in [0.25, 0.3) is 0 Å². The van der Waals surface area contributed by atoms with Crippen LogP contribution in [0.25, 0.3) is 11.3 Å². The molecule has 0 amide bonds. The Labute approximate surface area is 218 Å². The molecule has 0 atom stereocenters. The second-order valence-electron chi connectivity index (χ2n) is 7.88. The molecule has 0 aliphatic carbocycles. The zero-order valence-electron chi connectivity index (χ0n) is 18.7. The number of benzene rings is 2. The van der Waals surface area contributed by atoms with E-state index < -0.39 is 17.5 Å². The molecular weight excluding hydrogens is 531 g/mol. The molecule has 0 saturated heterocycles. The summed E-state index contributed by atoms with van der Waals surface area (Å²) in [6.45, 7) is 0.263. The fourth-order valence-electron chi connectivity index (χ4n) is 3.66. The van der Waals surface area contributed by atoms with Crippen molar-refractivity contribution in [3.63, 3.8) is 0 Å². The Bertz CT molecular complexity index is 1390. The maximum absolute atomic E-state index is 14.9. The van der Waals surface area contributed by atoms with Crippen molar-refractivity contribution in [3.8, 4) is 5.75 Å². The highest BCUT2D eigenvalue weighted by Gasteiger charge is 2.24. The van der Waals surface area contributed by atoms with Crippen LogP contribution in [0.15, 0.2) is 70.7 Å². The number of aromatic amines is 1. The maximum atomic E-state index is 14.9. The second kappa shape index (κ2) is 10.5. The van der Waals surface area contributed by atoms with Crippen LogP contribution in [-0.2, 0) is 0 Å². The SMILES string of the molecule is CN1CC(Oc2cc(F)c(SNC3=CSCN3)cc2Cl)=C(c2cn[nH]c2)C=C1c1ccc(F)c(F)c1. The van der Waals surface area contributed by atoms with Gasteiger partial charge in [-0.2, -0.15) is 5.10 Å². The fraction of sp³-hybridized carbons (Fsp3) is 0.125. The van der Waals surface area contributed by atoms with Crippen LogP contribution >= 0.6 is 35.3 Å². The molecule has 3 heterocycles. The molecule has 2 aromatic carbocycles. The molecule has 3 aromatic rings. The molecule has 12 heteroatoms. The van der Waals surface area contributed by atoms with Gasteiger partial charge in [-0.1, -0.05) is 11.6 Å². The Morgan fingerprint density at radius 3 is 2.72 bits per heavy atom. The van der Waals surface area contributed by atoms with Gasteiger partial charge in [-0.05, 0) is 42.3 Å². The van der Waals surface area contributed by atoms with E-state index in [0.717, 1.165) is 35.8 Å². The van der Waals surface area contributed by atoms with Crippen molar-refractivity contribution in [2.24, 2.45) is 0 Å². The maximum Gasteiger partial charge on any atom is 0.159 e. The lowest BCUT2D eigenvalue weighted by molar-refractivity contribution is 0.359. The number of aromatic nitrogens is 2. The number of rotatable bonds is 7. The molecule has 0 unspecified atom stereocenters. The largest absolute Gasteiger partial charge is 0.458 e. The normalized spacial score (nSPS) is 15.5. The number of H-pyrrole nitrogens is 1. The van der Waals surface area contributed by atoms with E-state index in [0.29, 0.717) is 33.1 Å². The minimum absolute atomic E-state index is 0.154. The highest BCUT2D eigenvalue weighted by Crippen LogP contribution is 2.37. The van der Waals surface area contributed by atoms with Crippen LogP contribution in [0, 0.1) is 17.5 Å². The first-order chi connectivity index (χ1) is 17.4. The van der Waals surface area contributed by atoms with Gasteiger partial charge in [0.15, 0.2) is 11.6 Å². The van der Waals surface area contributed by atoms with E-state index >= 15 is 0 Å². The molecule has 6 nitrogen and oxygen atoms in total. The third kappa shape index (κ3) is 5.18. The van der Waals surface area contributed by atoms with E-state index in [1.165, 1.54) is 18.2 Å². The zero-order chi connectivity index (χ0) is 25.2. The van der Waals surface area contributed by atoms with Crippen molar-refractivity contribution >= 4 is 46.6 Å². The minimum atomic E-state index is -0.939. The number of hydrogen-bond donors (Lipinski definition) is 3. The van der Waals surface area contributed by atoms with Crippen LogP contribution in [-0.4, -0.2) is 34.6 Å². The van der Waals surface area contributed by atoms with Crippen LogP contribution in [0.3, 0.4) is 0 Å². The molecule has 0 fully saturated rings. The molecule has 0 saturated carbocycles. The molecule has 2 aliphatic heterocycles. The molecule has 0 radical (unpaired) electrons. The molecule has 0 bridgehead atoms. The van der Waals surface area contributed by atoms with Crippen LogP contribution in [0.1, 0.15) is 11.1 Å². The summed E-state index contributed by atoms with van der Waals surface area (Å²) in [5, 5.41) is 12.0. The number of hydrogen-bond acceptors (Lipinski definition) is 7. The van der Waals surface area contributed by atoms with E-state index in [-0.39, 0.29) is 17.3 Å². The van der Waals surface area contributed by atoms with Gasteiger partial charge in [0.1, 0.15) is 23.1 Å². The number of allylic oxidation sites excluding steroid dienone is 2. The Kier molecular flexibility index (Phi) is 7.13. The van der Waals surface area contributed by atoms with Gasteiger partial charge in [0.05, 0.1) is 28.5 Å². The van der Waals surface area contributed by atoms with E-state index in [1.54, 1.807) is 37.3 Å². The Morgan fingerprint density at radius 2 is 2.00 bits per heavy atom. The van der Waals surface area contributed by atoms with Crippen LogP contribution in [0.4, 0.5) is 13.2 Å². The predicted molar refractivity (Wildman–Crippen MR) is 137 cm³/mol. The van der Waals surface area contributed by atoms with Crippen molar-refractivity contribution in [1.29, 1.82) is 0 Å². The highest BCUT2D eigenvalue weighted by molar-refractivity contribution is 8.02. The van der Waals surface area contributed by atoms with Gasteiger partial charge < -0.3 is 19.7 Å². The molecule has 36 heavy (non-hydrogen) atoms. The Morgan fingerprint density at radius 1 is 1.14 bits per heavy atom. The summed E-state index contributed by atoms with van der Waals surface area (Å²) in [7, 11) is 1.79. The Balaban J connectivity index is 1.47. The van der Waals surface area contributed by atoms with E-state index in [4.69, 9.17) is 16.3 Å². The van der Waals surface area contributed by atoms with Crippen molar-refractivity contribution in [2.45, 2.75) is 4.90 Å². The number of likely N-dealkylation sites (N-methyl/N-ethyl adjacent to an activating group) is 1. The summed E-state index contributed by atoms with van der Waals surface area (Å²) >= 11 is 9.17. The quantitative estimate of drug-likeness (QED) is 0.315.